The van der Waals surface area contributed by atoms with E-state index in [9.17, 15) is 0 Å². The van der Waals surface area contributed by atoms with Crippen LogP contribution in [0.3, 0.4) is 0 Å². The second-order valence-electron chi connectivity index (χ2n) is 8.43. The fourth-order valence-electron chi connectivity index (χ4n) is 4.58. The normalized spacial score (nSPS) is 11.3. The van der Waals surface area contributed by atoms with Crippen molar-refractivity contribution in [3.05, 3.63) is 101 Å². The van der Waals surface area contributed by atoms with Gasteiger partial charge in [0.1, 0.15) is 0 Å². The molecule has 0 fully saturated rings. The second kappa shape index (κ2) is 9.71. The molecule has 0 nitrogen and oxygen atoms in total. The van der Waals surface area contributed by atoms with Crippen molar-refractivity contribution in [2.24, 2.45) is 0 Å². The van der Waals surface area contributed by atoms with E-state index in [4.69, 9.17) is 0 Å². The molecule has 0 spiro atoms. The molecule has 0 aliphatic heterocycles. The molecule has 0 saturated carbocycles. The number of hydrogen-bond donors (Lipinski definition) is 0. The Labute approximate surface area is 234 Å². The van der Waals surface area contributed by atoms with Gasteiger partial charge in [0.15, 0.2) is 0 Å². The SMILES string of the molecule is c1cc(-c2cscc2-c2cc(-c3cscc3-c3ccsc3)cc(-c3cscc3-c3ccsc3)c2)cs1. The van der Waals surface area contributed by atoms with Gasteiger partial charge in [-0.25, -0.2) is 0 Å². The molecule has 0 aliphatic rings. The summed E-state index contributed by atoms with van der Waals surface area (Å²) in [6, 6.07) is 13.8. The first kappa shape index (κ1) is 22.6. The Morgan fingerprint density at radius 2 is 0.556 bits per heavy atom. The summed E-state index contributed by atoms with van der Waals surface area (Å²) in [5, 5.41) is 27.0. The molecule has 0 aliphatic carbocycles. The summed E-state index contributed by atoms with van der Waals surface area (Å²) in [7, 11) is 0. The third kappa shape index (κ3) is 4.08. The summed E-state index contributed by atoms with van der Waals surface area (Å²) in [6.45, 7) is 0. The summed E-state index contributed by atoms with van der Waals surface area (Å²) < 4.78 is 0. The van der Waals surface area contributed by atoms with E-state index in [0.29, 0.717) is 0 Å². The summed E-state index contributed by atoms with van der Waals surface area (Å²) in [5.74, 6) is 0. The lowest BCUT2D eigenvalue weighted by atomic mass is 9.90. The van der Waals surface area contributed by atoms with Crippen LogP contribution in [0.5, 0.6) is 0 Å². The molecule has 1 aromatic carbocycles. The van der Waals surface area contributed by atoms with Crippen molar-refractivity contribution in [3.63, 3.8) is 0 Å². The predicted molar refractivity (Wildman–Crippen MR) is 166 cm³/mol. The van der Waals surface area contributed by atoms with E-state index >= 15 is 0 Å². The Hall–Kier alpha value is -2.58. The quantitative estimate of drug-likeness (QED) is 0.186. The lowest BCUT2D eigenvalue weighted by Crippen LogP contribution is -1.87. The van der Waals surface area contributed by atoms with Gasteiger partial charge in [-0.1, -0.05) is 0 Å². The van der Waals surface area contributed by atoms with Crippen LogP contribution >= 0.6 is 68.0 Å². The van der Waals surface area contributed by atoms with Crippen molar-refractivity contribution >= 4 is 68.0 Å². The molecule has 0 amide bonds. The summed E-state index contributed by atoms with van der Waals surface area (Å²) >= 11 is 10.6. The van der Waals surface area contributed by atoms with Crippen molar-refractivity contribution in [2.45, 2.75) is 0 Å². The number of benzene rings is 1. The van der Waals surface area contributed by atoms with Gasteiger partial charge in [0.05, 0.1) is 0 Å². The summed E-state index contributed by atoms with van der Waals surface area (Å²) in [6.07, 6.45) is 0. The highest BCUT2D eigenvalue weighted by Gasteiger charge is 2.17. The molecule has 6 aromatic heterocycles. The minimum Gasteiger partial charge on any atom is -0.152 e. The first-order valence-corrected chi connectivity index (χ1v) is 16.9. The molecule has 6 heterocycles. The van der Waals surface area contributed by atoms with Gasteiger partial charge >= 0.3 is 0 Å². The van der Waals surface area contributed by atoms with Crippen LogP contribution in [0, 0.1) is 0 Å². The predicted octanol–water partition coefficient (Wildman–Crippen LogP) is 12.1. The number of hydrogen-bond acceptors (Lipinski definition) is 6. The monoisotopic (exact) mass is 570 g/mol. The number of thiophene rings is 6. The smallest absolute Gasteiger partial charge is 0.00102 e. The van der Waals surface area contributed by atoms with Gasteiger partial charge in [0.25, 0.3) is 0 Å². The Kier molecular flexibility index (Phi) is 6.10. The van der Waals surface area contributed by atoms with Crippen LogP contribution in [0.25, 0.3) is 66.8 Å². The van der Waals surface area contributed by atoms with Crippen LogP contribution in [0.2, 0.25) is 0 Å². The largest absolute Gasteiger partial charge is 0.152 e. The van der Waals surface area contributed by atoms with Crippen LogP contribution < -0.4 is 0 Å². The summed E-state index contributed by atoms with van der Waals surface area (Å²) in [4.78, 5) is 0. The topological polar surface area (TPSA) is 0 Å². The minimum atomic E-state index is 1.27. The van der Waals surface area contributed by atoms with Crippen molar-refractivity contribution in [1.29, 1.82) is 0 Å². The van der Waals surface area contributed by atoms with E-state index in [2.05, 4.69) is 101 Å². The van der Waals surface area contributed by atoms with E-state index in [-0.39, 0.29) is 0 Å². The molecule has 0 saturated heterocycles. The van der Waals surface area contributed by atoms with Gasteiger partial charge in [-0.2, -0.15) is 68.0 Å². The zero-order valence-electron chi connectivity index (χ0n) is 18.8. The molecule has 6 heteroatoms. The first-order chi connectivity index (χ1) is 17.8. The van der Waals surface area contributed by atoms with Crippen molar-refractivity contribution in [3.8, 4) is 66.8 Å². The van der Waals surface area contributed by atoms with Gasteiger partial charge in [-0.3, -0.25) is 0 Å². The summed E-state index contributed by atoms with van der Waals surface area (Å²) in [5.41, 5.74) is 15.6. The van der Waals surface area contributed by atoms with Gasteiger partial charge in [0, 0.05) is 33.4 Å². The van der Waals surface area contributed by atoms with Crippen molar-refractivity contribution < 1.29 is 0 Å². The Morgan fingerprint density at radius 1 is 0.278 bits per heavy atom. The van der Waals surface area contributed by atoms with Crippen LogP contribution in [0.1, 0.15) is 0 Å². The van der Waals surface area contributed by atoms with Crippen LogP contribution in [0.15, 0.2) is 101 Å². The van der Waals surface area contributed by atoms with E-state index in [1.807, 2.05) is 0 Å². The lowest BCUT2D eigenvalue weighted by Gasteiger charge is -2.13. The highest BCUT2D eigenvalue weighted by Crippen LogP contribution is 2.45. The lowest BCUT2D eigenvalue weighted by molar-refractivity contribution is 1.62. The molecule has 0 radical (unpaired) electrons. The van der Waals surface area contributed by atoms with E-state index in [1.165, 1.54) is 66.8 Å². The van der Waals surface area contributed by atoms with E-state index < -0.39 is 0 Å². The highest BCUT2D eigenvalue weighted by atomic mass is 32.1. The first-order valence-electron chi connectivity index (χ1n) is 11.3. The Morgan fingerprint density at radius 3 is 0.806 bits per heavy atom. The standard InChI is InChI=1S/C30H18S6/c1-4-31-10-19(1)25-13-34-16-28(25)22-7-23(29-17-35-14-26(29)20-2-5-32-11-20)9-24(8-22)30-18-36-15-27(30)21-3-6-33-12-21/h1-18H. The fraction of sp³-hybridized carbons (Fsp3) is 0. The number of rotatable bonds is 6. The molecule has 7 rings (SSSR count). The van der Waals surface area contributed by atoms with Crippen molar-refractivity contribution in [2.75, 3.05) is 0 Å². The molecule has 0 atom stereocenters. The molecule has 36 heavy (non-hydrogen) atoms. The Balaban J connectivity index is 1.45. The molecule has 0 N–H and O–H groups in total. The fourth-order valence-corrected chi connectivity index (χ4v) is 9.15. The maximum atomic E-state index is 2.38. The van der Waals surface area contributed by atoms with Gasteiger partial charge in [-0.05, 0) is 134 Å². The highest BCUT2D eigenvalue weighted by molar-refractivity contribution is 7.10. The van der Waals surface area contributed by atoms with Crippen LogP contribution in [0.4, 0.5) is 0 Å². The molecule has 174 valence electrons. The van der Waals surface area contributed by atoms with Crippen LogP contribution in [-0.4, -0.2) is 0 Å². The average Bonchev–Trinajstić information content (AvgIpc) is 3.76. The zero-order valence-corrected chi connectivity index (χ0v) is 23.7. The van der Waals surface area contributed by atoms with Crippen LogP contribution in [-0.2, 0) is 0 Å². The van der Waals surface area contributed by atoms with E-state index in [1.54, 1.807) is 68.0 Å². The molecule has 7 aromatic rings. The zero-order chi connectivity index (χ0) is 23.9. The maximum absolute atomic E-state index is 2.38. The maximum Gasteiger partial charge on any atom is 0.00102 e. The van der Waals surface area contributed by atoms with Gasteiger partial charge in [-0.15, -0.1) is 0 Å². The molecule has 0 bridgehead atoms. The molecule has 0 unspecified atom stereocenters. The molecular formula is C30H18S6. The third-order valence-corrected chi connectivity index (χ3v) is 10.6. The van der Waals surface area contributed by atoms with Gasteiger partial charge in [0.2, 0.25) is 0 Å². The molecular weight excluding hydrogens is 553 g/mol. The minimum absolute atomic E-state index is 1.27. The van der Waals surface area contributed by atoms with E-state index in [0.717, 1.165) is 0 Å². The van der Waals surface area contributed by atoms with Crippen molar-refractivity contribution in [1.82, 2.24) is 0 Å². The Bertz CT molecular complexity index is 1500. The second-order valence-corrected chi connectivity index (χ2v) is 13.0. The third-order valence-electron chi connectivity index (χ3n) is 6.35. The average molecular weight is 571 g/mol. The van der Waals surface area contributed by atoms with Gasteiger partial charge < -0.3 is 0 Å².